The third kappa shape index (κ3) is 6.02. The van der Waals surface area contributed by atoms with Crippen LogP contribution in [0.15, 0.2) is 29.2 Å². The summed E-state index contributed by atoms with van der Waals surface area (Å²) in [6.45, 7) is 3.44. The molecule has 0 saturated carbocycles. The van der Waals surface area contributed by atoms with Crippen molar-refractivity contribution in [3.05, 3.63) is 29.8 Å². The van der Waals surface area contributed by atoms with E-state index in [0.29, 0.717) is 18.7 Å². The summed E-state index contributed by atoms with van der Waals surface area (Å²) < 4.78 is 36.7. The zero-order valence-electron chi connectivity index (χ0n) is 15.0. The van der Waals surface area contributed by atoms with Crippen LogP contribution in [-0.4, -0.2) is 63.6 Å². The topological polar surface area (TPSA) is 126 Å². The molecule has 0 aromatic heterocycles. The number of nitriles is 1. The third-order valence-electron chi connectivity index (χ3n) is 3.83. The van der Waals surface area contributed by atoms with Crippen LogP contribution in [0, 0.1) is 11.3 Å². The van der Waals surface area contributed by atoms with Crippen LogP contribution in [0.25, 0.3) is 0 Å². The number of morpholine rings is 1. The average molecular weight is 395 g/mol. The number of hydrogen-bond donors (Lipinski definition) is 1. The van der Waals surface area contributed by atoms with Gasteiger partial charge in [-0.2, -0.15) is 9.98 Å². The molecular weight excluding hydrogens is 374 g/mol. The van der Waals surface area contributed by atoms with Crippen molar-refractivity contribution in [2.24, 2.45) is 0 Å². The van der Waals surface area contributed by atoms with Crippen LogP contribution in [0.5, 0.6) is 0 Å². The van der Waals surface area contributed by atoms with Crippen molar-refractivity contribution in [1.82, 2.24) is 9.62 Å². The number of nitrogens with zero attached hydrogens (tertiary/aromatic N) is 2. The summed E-state index contributed by atoms with van der Waals surface area (Å²) in [6.07, 6.45) is -0.208. The molecule has 1 aromatic carbocycles. The smallest absolute Gasteiger partial charge is 0.321 e. The van der Waals surface area contributed by atoms with Crippen LogP contribution >= 0.6 is 0 Å². The van der Waals surface area contributed by atoms with E-state index >= 15 is 0 Å². The monoisotopic (exact) mass is 395 g/mol. The van der Waals surface area contributed by atoms with E-state index in [2.05, 4.69) is 4.72 Å². The number of carbonyl (C=O) groups excluding carboxylic acids is 2. The van der Waals surface area contributed by atoms with Gasteiger partial charge in [-0.25, -0.2) is 8.42 Å². The number of ether oxygens (including phenoxy) is 2. The maximum atomic E-state index is 12.1. The van der Waals surface area contributed by atoms with Crippen LogP contribution < -0.4 is 4.72 Å². The van der Waals surface area contributed by atoms with Gasteiger partial charge >= 0.3 is 5.97 Å². The molecule has 1 N–H and O–H groups in total. The molecule has 1 aromatic rings. The number of benzene rings is 1. The Bertz CT molecular complexity index is 821. The largest absolute Gasteiger partial charge is 0.455 e. The lowest BCUT2D eigenvalue weighted by atomic mass is 10.2. The molecule has 1 saturated heterocycles. The lowest BCUT2D eigenvalue weighted by Gasteiger charge is -2.35. The summed E-state index contributed by atoms with van der Waals surface area (Å²) in [5.74, 6) is -1.23. The molecule has 9 nitrogen and oxygen atoms in total. The molecule has 1 heterocycles. The molecule has 0 unspecified atom stereocenters. The highest BCUT2D eigenvalue weighted by Crippen LogP contribution is 2.11. The predicted molar refractivity (Wildman–Crippen MR) is 93.9 cm³/mol. The van der Waals surface area contributed by atoms with Gasteiger partial charge in [-0.15, -0.1) is 0 Å². The van der Waals surface area contributed by atoms with E-state index in [9.17, 15) is 18.0 Å². The van der Waals surface area contributed by atoms with Crippen molar-refractivity contribution in [1.29, 1.82) is 5.26 Å². The predicted octanol–water partition coefficient (Wildman–Crippen LogP) is 0.0156. The molecule has 1 fully saturated rings. The van der Waals surface area contributed by atoms with Gasteiger partial charge in [-0.3, -0.25) is 9.59 Å². The summed E-state index contributed by atoms with van der Waals surface area (Å²) in [7, 11) is -3.93. The highest BCUT2D eigenvalue weighted by molar-refractivity contribution is 7.89. The van der Waals surface area contributed by atoms with Crippen LogP contribution in [0.2, 0.25) is 0 Å². The second kappa shape index (κ2) is 8.94. The number of amides is 1. The molecule has 2 rings (SSSR count). The maximum absolute atomic E-state index is 12.1. The first-order valence-corrected chi connectivity index (χ1v) is 9.78. The fraction of sp³-hybridized carbons (Fsp3) is 0.471. The first-order chi connectivity index (χ1) is 12.7. The van der Waals surface area contributed by atoms with Gasteiger partial charge < -0.3 is 14.4 Å². The molecule has 1 aliphatic rings. The van der Waals surface area contributed by atoms with Crippen molar-refractivity contribution in [3.8, 4) is 6.07 Å². The Labute approximate surface area is 157 Å². The van der Waals surface area contributed by atoms with Crippen molar-refractivity contribution in [2.45, 2.75) is 31.0 Å². The molecule has 1 aliphatic heterocycles. The van der Waals surface area contributed by atoms with E-state index in [0.717, 1.165) is 0 Å². The first-order valence-electron chi connectivity index (χ1n) is 8.30. The Hall–Kier alpha value is -2.48. The SMILES string of the molecule is C[C@@H]1CN(C(=O)COC(=O)CNS(=O)(=O)c2ccc(C#N)cc2)C[C@H](C)O1. The number of sulfonamides is 1. The lowest BCUT2D eigenvalue weighted by molar-refractivity contribution is -0.156. The molecule has 1 amide bonds. The second-order valence-electron chi connectivity index (χ2n) is 6.18. The second-order valence-corrected chi connectivity index (χ2v) is 7.94. The molecule has 10 heteroatoms. The van der Waals surface area contributed by atoms with Gasteiger partial charge in [0.05, 0.1) is 28.7 Å². The van der Waals surface area contributed by atoms with Gasteiger partial charge in [-0.1, -0.05) is 0 Å². The molecule has 0 spiro atoms. The van der Waals surface area contributed by atoms with Crippen LogP contribution in [0.1, 0.15) is 19.4 Å². The zero-order chi connectivity index (χ0) is 20.0. The minimum Gasteiger partial charge on any atom is -0.455 e. The number of nitrogens with one attached hydrogen (secondary N) is 1. The van der Waals surface area contributed by atoms with E-state index in [4.69, 9.17) is 14.7 Å². The van der Waals surface area contributed by atoms with Gasteiger partial charge in [-0.05, 0) is 38.1 Å². The van der Waals surface area contributed by atoms with Gasteiger partial charge in [0.15, 0.2) is 6.61 Å². The highest BCUT2D eigenvalue weighted by atomic mass is 32.2. The molecular formula is C17H21N3O6S. The molecule has 0 radical (unpaired) electrons. The van der Waals surface area contributed by atoms with Gasteiger partial charge in [0.1, 0.15) is 6.54 Å². The Balaban J connectivity index is 1.81. The Kier molecular flexibility index (Phi) is 6.90. The fourth-order valence-electron chi connectivity index (χ4n) is 2.61. The van der Waals surface area contributed by atoms with E-state index in [1.165, 1.54) is 24.3 Å². The molecule has 0 bridgehead atoms. The number of carbonyl (C=O) groups is 2. The Morgan fingerprint density at radius 2 is 1.85 bits per heavy atom. The quantitative estimate of drug-likeness (QED) is 0.673. The normalized spacial score (nSPS) is 20.0. The Morgan fingerprint density at radius 3 is 2.41 bits per heavy atom. The van der Waals surface area contributed by atoms with Crippen LogP contribution in [-0.2, 0) is 29.1 Å². The van der Waals surface area contributed by atoms with Gasteiger partial charge in [0.2, 0.25) is 10.0 Å². The van der Waals surface area contributed by atoms with E-state index in [1.807, 2.05) is 19.9 Å². The summed E-state index contributed by atoms with van der Waals surface area (Å²) >= 11 is 0. The van der Waals surface area contributed by atoms with Crippen LogP contribution in [0.3, 0.4) is 0 Å². The van der Waals surface area contributed by atoms with Crippen molar-refractivity contribution < 1.29 is 27.5 Å². The Morgan fingerprint density at radius 1 is 1.26 bits per heavy atom. The van der Waals surface area contributed by atoms with Crippen LogP contribution in [0.4, 0.5) is 0 Å². The number of esters is 1. The lowest BCUT2D eigenvalue weighted by Crippen LogP contribution is -2.49. The first kappa shape index (κ1) is 20.8. The summed E-state index contributed by atoms with van der Waals surface area (Å²) in [5.41, 5.74) is 0.318. The summed E-state index contributed by atoms with van der Waals surface area (Å²) in [5, 5.41) is 8.72. The van der Waals surface area contributed by atoms with Crippen molar-refractivity contribution >= 4 is 21.9 Å². The molecule has 2 atom stereocenters. The number of hydrogen-bond acceptors (Lipinski definition) is 7. The van der Waals surface area contributed by atoms with Crippen molar-refractivity contribution in [3.63, 3.8) is 0 Å². The summed E-state index contributed by atoms with van der Waals surface area (Å²) in [6, 6.07) is 7.12. The standard InChI is InChI=1S/C17H21N3O6S/c1-12-9-20(10-13(2)26-12)16(21)11-25-17(22)8-19-27(23,24)15-5-3-14(7-18)4-6-15/h3-6,12-13,19H,8-11H2,1-2H3/t12-,13+. The molecule has 0 aliphatic carbocycles. The zero-order valence-corrected chi connectivity index (χ0v) is 15.9. The minimum absolute atomic E-state index is 0.0818. The van der Waals surface area contributed by atoms with E-state index in [1.54, 1.807) is 4.90 Å². The van der Waals surface area contributed by atoms with E-state index < -0.39 is 29.1 Å². The highest BCUT2D eigenvalue weighted by Gasteiger charge is 2.26. The average Bonchev–Trinajstić information content (AvgIpc) is 2.63. The van der Waals surface area contributed by atoms with Crippen molar-refractivity contribution in [2.75, 3.05) is 26.2 Å². The van der Waals surface area contributed by atoms with E-state index in [-0.39, 0.29) is 23.0 Å². The molecule has 27 heavy (non-hydrogen) atoms. The minimum atomic E-state index is -3.93. The maximum Gasteiger partial charge on any atom is 0.321 e. The number of rotatable bonds is 6. The molecule has 146 valence electrons. The van der Waals surface area contributed by atoms with Gasteiger partial charge in [0.25, 0.3) is 5.91 Å². The van der Waals surface area contributed by atoms with Gasteiger partial charge in [0, 0.05) is 13.1 Å². The summed E-state index contributed by atoms with van der Waals surface area (Å²) in [4.78, 5) is 25.3. The third-order valence-corrected chi connectivity index (χ3v) is 5.25. The fourth-order valence-corrected chi connectivity index (χ4v) is 3.58.